The molecular weight excluding hydrogens is 740 g/mol. The number of fused-ring (bicyclic) bond motifs is 1. The molecule has 18 atom stereocenters. The standard InChI is InChI=1S/C35H52O20/c1-6-14-15(8-22(46-3)47-4)17(11-49-32(14)54-34-28(42)26(40)24(38)20(9-36)52-34)31(45)51-19-7-16-18(30(44)48-5)12-50-33(23(16)13(19)2)55-35-29(43)27(41)25(39)21(10-37)53-35/h6,11-16,19-29,32-43H,1,7-10H2,2-5H3. The summed E-state index contributed by atoms with van der Waals surface area (Å²) in [4.78, 5) is 26.9. The molecule has 0 aromatic rings. The van der Waals surface area contributed by atoms with E-state index in [0.29, 0.717) is 0 Å². The minimum absolute atomic E-state index is 0.0221. The van der Waals surface area contributed by atoms with Gasteiger partial charge in [-0.25, -0.2) is 9.59 Å². The average Bonchev–Trinajstić information content (AvgIpc) is 3.51. The lowest BCUT2D eigenvalue weighted by Gasteiger charge is -2.43. The molecule has 18 unspecified atom stereocenters. The number of carbonyl (C=O) groups excluding carboxylic acids is 2. The lowest BCUT2D eigenvalue weighted by molar-refractivity contribution is -0.342. The second kappa shape index (κ2) is 18.6. The highest BCUT2D eigenvalue weighted by Gasteiger charge is 2.55. The molecule has 0 radical (unpaired) electrons. The smallest absolute Gasteiger partial charge is 0.337 e. The Morgan fingerprint density at radius 3 is 1.82 bits per heavy atom. The zero-order valence-electron chi connectivity index (χ0n) is 30.7. The van der Waals surface area contributed by atoms with Crippen molar-refractivity contribution < 1.29 is 97.8 Å². The number of aliphatic hydroxyl groups excluding tert-OH is 8. The molecule has 4 heterocycles. The van der Waals surface area contributed by atoms with E-state index in [1.165, 1.54) is 27.4 Å². The minimum Gasteiger partial charge on any atom is -0.472 e. The first-order valence-corrected chi connectivity index (χ1v) is 17.8. The third kappa shape index (κ3) is 8.72. The van der Waals surface area contributed by atoms with E-state index in [9.17, 15) is 50.4 Å². The summed E-state index contributed by atoms with van der Waals surface area (Å²) in [6.45, 7) is 4.25. The first-order valence-electron chi connectivity index (χ1n) is 17.8. The van der Waals surface area contributed by atoms with Gasteiger partial charge in [0, 0.05) is 50.2 Å². The zero-order valence-corrected chi connectivity index (χ0v) is 30.7. The maximum Gasteiger partial charge on any atom is 0.337 e. The lowest BCUT2D eigenvalue weighted by atomic mass is 9.81. The molecule has 0 aromatic heterocycles. The highest BCUT2D eigenvalue weighted by molar-refractivity contribution is 5.90. The molecule has 0 spiro atoms. The van der Waals surface area contributed by atoms with Crippen LogP contribution >= 0.6 is 0 Å². The van der Waals surface area contributed by atoms with Gasteiger partial charge in [0.2, 0.25) is 12.6 Å². The fourth-order valence-electron chi connectivity index (χ4n) is 7.85. The molecule has 20 nitrogen and oxygen atoms in total. The molecule has 3 fully saturated rings. The van der Waals surface area contributed by atoms with Crippen LogP contribution in [0.1, 0.15) is 19.8 Å². The number of methoxy groups -OCH3 is 3. The number of hydrogen-bond acceptors (Lipinski definition) is 20. The van der Waals surface area contributed by atoms with Crippen LogP contribution in [0.5, 0.6) is 0 Å². The Bertz CT molecular complexity index is 1380. The SMILES string of the molecule is C=CC1C(OC2OC(CO)C(O)C(O)C2O)OC=C(C(=O)OC2CC3C(C(=O)OC)=COC(OC4OC(CO)C(O)C(O)C4O)C3C2C)C1CC(OC)OC. The Hall–Kier alpha value is -2.80. The van der Waals surface area contributed by atoms with Gasteiger partial charge in [-0.1, -0.05) is 13.0 Å². The fraction of sp³-hybridized carbons (Fsp3) is 0.771. The van der Waals surface area contributed by atoms with E-state index in [1.807, 2.05) is 0 Å². The van der Waals surface area contributed by atoms with Gasteiger partial charge < -0.3 is 88.2 Å². The molecule has 4 aliphatic heterocycles. The van der Waals surface area contributed by atoms with Crippen molar-refractivity contribution in [2.45, 2.75) is 106 Å². The monoisotopic (exact) mass is 792 g/mol. The van der Waals surface area contributed by atoms with Crippen molar-refractivity contribution in [3.8, 4) is 0 Å². The zero-order chi connectivity index (χ0) is 40.3. The van der Waals surface area contributed by atoms with Gasteiger partial charge >= 0.3 is 11.9 Å². The third-order valence-corrected chi connectivity index (χ3v) is 11.1. The molecule has 312 valence electrons. The topological polar surface area (TPSA) is 288 Å². The molecule has 0 bridgehead atoms. The van der Waals surface area contributed by atoms with Crippen LogP contribution in [0.3, 0.4) is 0 Å². The second-order valence-electron chi connectivity index (χ2n) is 14.1. The van der Waals surface area contributed by atoms with Crippen molar-refractivity contribution in [2.24, 2.45) is 29.6 Å². The minimum atomic E-state index is -1.74. The van der Waals surface area contributed by atoms with E-state index < -0.39 is 141 Å². The van der Waals surface area contributed by atoms with E-state index in [2.05, 4.69) is 6.58 Å². The van der Waals surface area contributed by atoms with Crippen molar-refractivity contribution in [1.82, 2.24) is 0 Å². The second-order valence-corrected chi connectivity index (χ2v) is 14.1. The summed E-state index contributed by atoms with van der Waals surface area (Å²) < 4.78 is 56.4. The number of ether oxygens (including phenoxy) is 10. The predicted molar refractivity (Wildman–Crippen MR) is 178 cm³/mol. The van der Waals surface area contributed by atoms with Crippen LogP contribution in [0.25, 0.3) is 0 Å². The number of hydrogen-bond donors (Lipinski definition) is 8. The summed E-state index contributed by atoms with van der Waals surface area (Å²) in [5.74, 6) is -5.12. The maximum absolute atomic E-state index is 14.1. The van der Waals surface area contributed by atoms with E-state index in [0.717, 1.165) is 12.5 Å². The first kappa shape index (κ1) is 43.3. The number of carbonyl (C=O) groups is 2. The van der Waals surface area contributed by atoms with Crippen LogP contribution in [0, 0.1) is 29.6 Å². The molecule has 20 heteroatoms. The maximum atomic E-state index is 14.1. The van der Waals surface area contributed by atoms with E-state index in [1.54, 1.807) is 6.92 Å². The Morgan fingerprint density at radius 1 is 0.782 bits per heavy atom. The van der Waals surface area contributed by atoms with Crippen LogP contribution in [0.2, 0.25) is 0 Å². The van der Waals surface area contributed by atoms with Crippen molar-refractivity contribution >= 4 is 11.9 Å². The van der Waals surface area contributed by atoms with Crippen molar-refractivity contribution in [1.29, 1.82) is 0 Å². The van der Waals surface area contributed by atoms with Gasteiger partial charge in [0.15, 0.2) is 18.9 Å². The summed E-state index contributed by atoms with van der Waals surface area (Å²) >= 11 is 0. The molecule has 8 N–H and O–H groups in total. The molecule has 5 rings (SSSR count). The normalized spacial score (nSPS) is 43.0. The first-order chi connectivity index (χ1) is 26.2. The van der Waals surface area contributed by atoms with Gasteiger partial charge in [-0.2, -0.15) is 0 Å². The highest BCUT2D eigenvalue weighted by atomic mass is 16.8. The average molecular weight is 793 g/mol. The van der Waals surface area contributed by atoms with Gasteiger partial charge in [-0.15, -0.1) is 6.58 Å². The summed E-state index contributed by atoms with van der Waals surface area (Å²) in [6.07, 6.45) is -16.1. The summed E-state index contributed by atoms with van der Waals surface area (Å²) in [7, 11) is 4.00. The van der Waals surface area contributed by atoms with E-state index in [4.69, 9.17) is 47.4 Å². The number of esters is 2. The predicted octanol–water partition coefficient (Wildman–Crippen LogP) is -3.12. The molecule has 1 saturated carbocycles. The highest BCUT2D eigenvalue weighted by Crippen LogP contribution is 2.49. The fourth-order valence-corrected chi connectivity index (χ4v) is 7.85. The van der Waals surface area contributed by atoms with E-state index >= 15 is 0 Å². The lowest BCUT2D eigenvalue weighted by Crippen LogP contribution is -2.60. The number of aliphatic hydroxyl groups is 8. The Labute approximate surface area is 316 Å². The summed E-state index contributed by atoms with van der Waals surface area (Å²) in [6, 6.07) is 0. The van der Waals surface area contributed by atoms with E-state index in [-0.39, 0.29) is 24.0 Å². The number of rotatable bonds is 14. The Balaban J connectivity index is 1.37. The third-order valence-electron chi connectivity index (χ3n) is 11.1. The molecule has 1 aliphatic carbocycles. The quantitative estimate of drug-likeness (QED) is 0.0491. The van der Waals surface area contributed by atoms with Crippen LogP contribution in [0.15, 0.2) is 36.3 Å². The molecule has 0 aromatic carbocycles. The molecule has 5 aliphatic rings. The van der Waals surface area contributed by atoms with Crippen molar-refractivity contribution in [2.75, 3.05) is 34.5 Å². The van der Waals surface area contributed by atoms with Gasteiger partial charge in [0.1, 0.15) is 54.9 Å². The molecule has 2 saturated heterocycles. The Kier molecular flexibility index (Phi) is 14.7. The van der Waals surface area contributed by atoms with Crippen LogP contribution in [-0.4, -0.2) is 174 Å². The van der Waals surface area contributed by atoms with Crippen LogP contribution in [0.4, 0.5) is 0 Å². The van der Waals surface area contributed by atoms with Crippen LogP contribution in [-0.2, 0) is 57.0 Å². The largest absolute Gasteiger partial charge is 0.472 e. The van der Waals surface area contributed by atoms with Gasteiger partial charge in [-0.05, 0) is 6.42 Å². The summed E-state index contributed by atoms with van der Waals surface area (Å²) in [5, 5.41) is 81.5. The van der Waals surface area contributed by atoms with Gasteiger partial charge in [-0.3, -0.25) is 0 Å². The summed E-state index contributed by atoms with van der Waals surface area (Å²) in [5.41, 5.74) is 0.154. The van der Waals surface area contributed by atoms with Crippen LogP contribution < -0.4 is 0 Å². The molecule has 0 amide bonds. The van der Waals surface area contributed by atoms with Crippen molar-refractivity contribution in [3.63, 3.8) is 0 Å². The molecular formula is C35H52O20. The Morgan fingerprint density at radius 2 is 1.31 bits per heavy atom. The molecule has 55 heavy (non-hydrogen) atoms. The van der Waals surface area contributed by atoms with Gasteiger partial charge in [0.05, 0.1) is 44.0 Å². The van der Waals surface area contributed by atoms with Gasteiger partial charge in [0.25, 0.3) is 0 Å². The van der Waals surface area contributed by atoms with Crippen molar-refractivity contribution in [3.05, 3.63) is 36.3 Å².